The predicted molar refractivity (Wildman–Crippen MR) is 78.1 cm³/mol. The molecule has 0 aliphatic carbocycles. The van der Waals surface area contributed by atoms with Gasteiger partial charge in [-0.1, -0.05) is 24.3 Å². The van der Waals surface area contributed by atoms with Gasteiger partial charge in [-0.15, -0.1) is 0 Å². The Hall–Kier alpha value is -2.70. The number of benzene rings is 2. The van der Waals surface area contributed by atoms with Crippen LogP contribution in [0.25, 0.3) is 0 Å². The third kappa shape index (κ3) is 3.15. The van der Waals surface area contributed by atoms with Gasteiger partial charge in [0.1, 0.15) is 0 Å². The van der Waals surface area contributed by atoms with Gasteiger partial charge in [0.05, 0.1) is 11.5 Å². The average molecular weight is 338 g/mol. The molecule has 7 heteroatoms. The van der Waals surface area contributed by atoms with Crippen LogP contribution in [0, 0.1) is 0 Å². The normalized spacial score (nSPS) is 14.5. The number of ether oxygens (including phenoxy) is 2. The fourth-order valence-electron chi connectivity index (χ4n) is 2.67. The lowest BCUT2D eigenvalue weighted by atomic mass is 9.89. The van der Waals surface area contributed by atoms with Crippen LogP contribution in [0.2, 0.25) is 0 Å². The highest BCUT2D eigenvalue weighted by molar-refractivity contribution is 5.77. The smallest absolute Gasteiger partial charge is 0.416 e. The van der Waals surface area contributed by atoms with Crippen LogP contribution < -0.4 is 9.47 Å². The van der Waals surface area contributed by atoms with Gasteiger partial charge in [0.15, 0.2) is 11.5 Å². The summed E-state index contributed by atoms with van der Waals surface area (Å²) in [4.78, 5) is 11.6. The van der Waals surface area contributed by atoms with Gasteiger partial charge in [-0.25, -0.2) is 0 Å². The van der Waals surface area contributed by atoms with E-state index in [9.17, 15) is 23.1 Å². The molecule has 1 heterocycles. The minimum atomic E-state index is -4.53. The molecule has 126 valence electrons. The maximum absolute atomic E-state index is 13.1. The second kappa shape index (κ2) is 6.07. The summed E-state index contributed by atoms with van der Waals surface area (Å²) in [6.45, 7) is 0.0352. The van der Waals surface area contributed by atoms with Crippen molar-refractivity contribution in [1.82, 2.24) is 0 Å². The Labute approximate surface area is 135 Å². The molecule has 0 saturated carbocycles. The molecule has 2 aromatic carbocycles. The number of halogens is 3. The first-order valence-electron chi connectivity index (χ1n) is 7.13. The molecule has 0 saturated heterocycles. The van der Waals surface area contributed by atoms with Crippen molar-refractivity contribution < 1.29 is 32.5 Å². The van der Waals surface area contributed by atoms with E-state index in [1.54, 1.807) is 6.07 Å². The van der Waals surface area contributed by atoms with Crippen LogP contribution in [0.1, 0.15) is 22.6 Å². The van der Waals surface area contributed by atoms with E-state index in [-0.39, 0.29) is 18.8 Å². The van der Waals surface area contributed by atoms with Crippen LogP contribution in [0.5, 0.6) is 11.5 Å². The summed E-state index contributed by atoms with van der Waals surface area (Å²) in [6.07, 6.45) is -4.81. The van der Waals surface area contributed by atoms with Gasteiger partial charge in [-0.2, -0.15) is 13.2 Å². The zero-order valence-electron chi connectivity index (χ0n) is 12.3. The van der Waals surface area contributed by atoms with E-state index in [0.717, 1.165) is 6.07 Å². The van der Waals surface area contributed by atoms with E-state index in [1.807, 2.05) is 0 Å². The van der Waals surface area contributed by atoms with E-state index in [2.05, 4.69) is 0 Å². The van der Waals surface area contributed by atoms with Gasteiger partial charge in [-0.05, 0) is 35.7 Å². The predicted octanol–water partition coefficient (Wildman–Crippen LogP) is 3.85. The highest BCUT2D eigenvalue weighted by atomic mass is 19.4. The third-order valence-electron chi connectivity index (χ3n) is 3.84. The van der Waals surface area contributed by atoms with Gasteiger partial charge in [0.25, 0.3) is 0 Å². The molecule has 1 unspecified atom stereocenters. The van der Waals surface area contributed by atoms with Gasteiger partial charge in [0, 0.05) is 0 Å². The Bertz CT molecular complexity index is 771. The third-order valence-corrected chi connectivity index (χ3v) is 3.84. The second-order valence-electron chi connectivity index (χ2n) is 5.36. The maximum atomic E-state index is 13.1. The lowest BCUT2D eigenvalue weighted by Crippen LogP contribution is -2.17. The molecular weight excluding hydrogens is 325 g/mol. The molecule has 0 spiro atoms. The number of hydrogen-bond acceptors (Lipinski definition) is 3. The van der Waals surface area contributed by atoms with Crippen LogP contribution >= 0.6 is 0 Å². The number of carbonyl (C=O) groups is 1. The molecule has 0 bridgehead atoms. The molecule has 1 aliphatic rings. The fourth-order valence-corrected chi connectivity index (χ4v) is 2.67. The minimum Gasteiger partial charge on any atom is -0.481 e. The molecule has 3 rings (SSSR count). The van der Waals surface area contributed by atoms with Crippen LogP contribution in [0.4, 0.5) is 13.2 Å². The molecule has 1 aliphatic heterocycles. The summed E-state index contributed by atoms with van der Waals surface area (Å²) in [6, 6.07) is 9.58. The lowest BCUT2D eigenvalue weighted by molar-refractivity contribution is -0.141. The van der Waals surface area contributed by atoms with E-state index in [0.29, 0.717) is 17.1 Å². The molecule has 4 nitrogen and oxygen atoms in total. The van der Waals surface area contributed by atoms with Crippen molar-refractivity contribution in [1.29, 1.82) is 0 Å². The Morgan fingerprint density at radius 1 is 1.12 bits per heavy atom. The quantitative estimate of drug-likeness (QED) is 0.920. The Balaban J connectivity index is 1.95. The van der Waals surface area contributed by atoms with Crippen molar-refractivity contribution >= 4 is 5.97 Å². The molecule has 0 radical (unpaired) electrons. The van der Waals surface area contributed by atoms with Crippen LogP contribution in [0.3, 0.4) is 0 Å². The Morgan fingerprint density at radius 2 is 1.83 bits per heavy atom. The largest absolute Gasteiger partial charge is 0.481 e. The molecule has 2 aromatic rings. The SMILES string of the molecule is O=C(O)C(Cc1ccccc1C(F)(F)F)c1ccc2c(c1)OCO2. The maximum Gasteiger partial charge on any atom is 0.416 e. The Morgan fingerprint density at radius 3 is 2.54 bits per heavy atom. The zero-order valence-corrected chi connectivity index (χ0v) is 12.3. The number of alkyl halides is 3. The van der Waals surface area contributed by atoms with E-state index >= 15 is 0 Å². The molecule has 1 atom stereocenters. The molecule has 0 aromatic heterocycles. The van der Waals surface area contributed by atoms with E-state index < -0.39 is 23.6 Å². The van der Waals surface area contributed by atoms with Gasteiger partial charge in [-0.3, -0.25) is 4.79 Å². The van der Waals surface area contributed by atoms with Gasteiger partial charge in [0.2, 0.25) is 6.79 Å². The van der Waals surface area contributed by atoms with Crippen molar-refractivity contribution in [3.8, 4) is 11.5 Å². The zero-order chi connectivity index (χ0) is 17.3. The first-order valence-corrected chi connectivity index (χ1v) is 7.13. The number of rotatable bonds is 4. The number of carboxylic acids is 1. The van der Waals surface area contributed by atoms with Crippen LogP contribution in [0.15, 0.2) is 42.5 Å². The van der Waals surface area contributed by atoms with Gasteiger partial charge >= 0.3 is 12.1 Å². The molecule has 0 amide bonds. The topological polar surface area (TPSA) is 55.8 Å². The summed E-state index contributed by atoms with van der Waals surface area (Å²) in [7, 11) is 0. The summed E-state index contributed by atoms with van der Waals surface area (Å²) in [5, 5.41) is 9.48. The molecule has 1 N–H and O–H groups in total. The van der Waals surface area contributed by atoms with Crippen molar-refractivity contribution in [3.63, 3.8) is 0 Å². The fraction of sp³-hybridized carbons (Fsp3) is 0.235. The van der Waals surface area contributed by atoms with Crippen molar-refractivity contribution in [2.75, 3.05) is 6.79 Å². The molecular formula is C17H13F3O4. The lowest BCUT2D eigenvalue weighted by Gasteiger charge is -2.17. The number of hydrogen-bond donors (Lipinski definition) is 1. The van der Waals surface area contributed by atoms with Crippen molar-refractivity contribution in [2.24, 2.45) is 0 Å². The summed E-state index contributed by atoms with van der Waals surface area (Å²) in [5.41, 5.74) is -0.518. The van der Waals surface area contributed by atoms with E-state index in [4.69, 9.17) is 9.47 Å². The number of fused-ring (bicyclic) bond motifs is 1. The first-order chi connectivity index (χ1) is 11.4. The Kier molecular flexibility index (Phi) is 4.09. The highest BCUT2D eigenvalue weighted by Gasteiger charge is 2.34. The summed E-state index contributed by atoms with van der Waals surface area (Å²) < 4.78 is 49.7. The number of aliphatic carboxylic acids is 1. The average Bonchev–Trinajstić information content (AvgIpc) is 2.99. The second-order valence-corrected chi connectivity index (χ2v) is 5.36. The summed E-state index contributed by atoms with van der Waals surface area (Å²) >= 11 is 0. The highest BCUT2D eigenvalue weighted by Crippen LogP contribution is 2.37. The van der Waals surface area contributed by atoms with Crippen molar-refractivity contribution in [2.45, 2.75) is 18.5 Å². The van der Waals surface area contributed by atoms with Crippen LogP contribution in [-0.4, -0.2) is 17.9 Å². The molecule has 24 heavy (non-hydrogen) atoms. The molecule has 0 fully saturated rings. The van der Waals surface area contributed by atoms with Crippen LogP contribution in [-0.2, 0) is 17.4 Å². The minimum absolute atomic E-state index is 0.0352. The first kappa shape index (κ1) is 16.2. The summed E-state index contributed by atoms with van der Waals surface area (Å²) in [5.74, 6) is -1.45. The van der Waals surface area contributed by atoms with Gasteiger partial charge < -0.3 is 14.6 Å². The van der Waals surface area contributed by atoms with Crippen molar-refractivity contribution in [3.05, 3.63) is 59.2 Å². The van der Waals surface area contributed by atoms with E-state index in [1.165, 1.54) is 30.3 Å². The standard InChI is InChI=1S/C17H13F3O4/c18-17(19,20)13-4-2-1-3-11(13)7-12(16(21)22)10-5-6-14-15(8-10)24-9-23-14/h1-6,8,12H,7,9H2,(H,21,22). The number of carboxylic acid groups (broad SMARTS) is 1. The monoisotopic (exact) mass is 338 g/mol.